The molecule has 0 spiro atoms. The summed E-state index contributed by atoms with van der Waals surface area (Å²) in [7, 11) is 0. The first-order chi connectivity index (χ1) is 9.41. The predicted molar refractivity (Wildman–Crippen MR) is 70.6 cm³/mol. The van der Waals surface area contributed by atoms with Crippen LogP contribution >= 0.6 is 11.6 Å². The Morgan fingerprint density at radius 3 is 2.35 bits per heavy atom. The maximum absolute atomic E-state index is 12.3. The molecule has 0 fully saturated rings. The molecule has 110 valence electrons. The number of nitrogens with two attached hydrogens (primary N) is 1. The van der Waals surface area contributed by atoms with Crippen LogP contribution in [-0.2, 0) is 12.7 Å². The number of rotatable bonds is 2. The Morgan fingerprint density at radius 1 is 1.30 bits per heavy atom. The largest absolute Gasteiger partial charge is 0.433 e. The van der Waals surface area contributed by atoms with Crippen LogP contribution in [0, 0.1) is 0 Å². The number of alkyl halides is 3. The molecule has 2 aromatic heterocycles. The van der Waals surface area contributed by atoms with Crippen molar-refractivity contribution in [1.29, 1.82) is 0 Å². The highest BCUT2D eigenvalue weighted by molar-refractivity contribution is 6.30. The minimum atomic E-state index is -4.46. The van der Waals surface area contributed by atoms with E-state index >= 15 is 0 Å². The number of hydrogen-bond acceptors (Lipinski definition) is 3. The lowest BCUT2D eigenvalue weighted by Gasteiger charge is -2.06. The highest BCUT2D eigenvalue weighted by Crippen LogP contribution is 2.27. The highest BCUT2D eigenvalue weighted by Gasteiger charge is 2.32. The Bertz CT molecular complexity index is 549. The van der Waals surface area contributed by atoms with Crippen molar-refractivity contribution in [2.24, 2.45) is 5.73 Å². The smallest absolute Gasteiger partial charge is 0.326 e. The van der Waals surface area contributed by atoms with Crippen molar-refractivity contribution >= 4 is 11.6 Å². The molecule has 0 saturated heterocycles. The van der Waals surface area contributed by atoms with Gasteiger partial charge >= 0.3 is 6.18 Å². The van der Waals surface area contributed by atoms with Gasteiger partial charge in [0.15, 0.2) is 5.15 Å². The van der Waals surface area contributed by atoms with Crippen LogP contribution in [0.2, 0.25) is 5.15 Å². The molecule has 0 aliphatic heterocycles. The number of aromatic nitrogens is 3. The summed E-state index contributed by atoms with van der Waals surface area (Å²) in [5.41, 5.74) is 5.45. The van der Waals surface area contributed by atoms with E-state index in [9.17, 15) is 13.2 Å². The van der Waals surface area contributed by atoms with Crippen molar-refractivity contribution in [2.45, 2.75) is 26.6 Å². The topological polar surface area (TPSA) is 56.7 Å². The van der Waals surface area contributed by atoms with Gasteiger partial charge in [0, 0.05) is 18.3 Å². The summed E-state index contributed by atoms with van der Waals surface area (Å²) in [5, 5.41) is 4.14. The van der Waals surface area contributed by atoms with Crippen molar-refractivity contribution in [3.05, 3.63) is 40.9 Å². The van der Waals surface area contributed by atoms with E-state index in [0.29, 0.717) is 11.3 Å². The molecule has 0 amide bonds. The lowest BCUT2D eigenvalue weighted by atomic mass is 10.3. The number of nitrogens with zero attached hydrogens (tertiary/aromatic N) is 3. The maximum atomic E-state index is 12.3. The summed E-state index contributed by atoms with van der Waals surface area (Å²) >= 11 is 5.79. The fourth-order valence-electron chi connectivity index (χ4n) is 1.35. The molecule has 2 N–H and O–H groups in total. The Balaban J connectivity index is 0.000000956. The van der Waals surface area contributed by atoms with E-state index in [1.165, 1.54) is 10.7 Å². The van der Waals surface area contributed by atoms with Crippen LogP contribution in [0.5, 0.6) is 0 Å². The monoisotopic (exact) mass is 306 g/mol. The molecular weight excluding hydrogens is 293 g/mol. The first-order valence-electron chi connectivity index (χ1n) is 5.89. The molecule has 0 aromatic carbocycles. The van der Waals surface area contributed by atoms with Crippen LogP contribution in [0.15, 0.2) is 24.5 Å². The summed E-state index contributed by atoms with van der Waals surface area (Å²) in [5.74, 6) is 0. The second-order valence-electron chi connectivity index (χ2n) is 3.49. The minimum absolute atomic E-state index is 0.201. The molecular formula is C12H14ClF3N4. The summed E-state index contributed by atoms with van der Waals surface area (Å²) in [6.45, 7) is 4.20. The molecule has 2 rings (SSSR count). The van der Waals surface area contributed by atoms with Crippen LogP contribution in [0.1, 0.15) is 25.1 Å². The fraction of sp³-hybridized carbons (Fsp3) is 0.333. The van der Waals surface area contributed by atoms with E-state index in [1.807, 2.05) is 13.8 Å². The number of pyridine rings is 1. The summed E-state index contributed by atoms with van der Waals surface area (Å²) < 4.78 is 38.3. The third-order valence-corrected chi connectivity index (χ3v) is 2.58. The lowest BCUT2D eigenvalue weighted by molar-refractivity contribution is -0.141. The lowest BCUT2D eigenvalue weighted by Crippen LogP contribution is -2.08. The van der Waals surface area contributed by atoms with Crippen LogP contribution in [0.3, 0.4) is 0 Å². The third-order valence-electron chi connectivity index (χ3n) is 2.26. The quantitative estimate of drug-likeness (QED) is 0.925. The van der Waals surface area contributed by atoms with E-state index < -0.39 is 11.9 Å². The zero-order valence-corrected chi connectivity index (χ0v) is 11.7. The Hall–Kier alpha value is -1.60. The average Bonchev–Trinajstić information content (AvgIpc) is 2.81. The molecule has 0 radical (unpaired) electrons. The SMILES string of the molecule is CC.NCc1cn(-c2ccc(C(F)(F)F)nc2)nc1Cl. The molecule has 0 atom stereocenters. The van der Waals surface area contributed by atoms with Crippen LogP contribution < -0.4 is 5.73 Å². The fourth-order valence-corrected chi connectivity index (χ4v) is 1.55. The Kier molecular flexibility index (Phi) is 5.52. The zero-order valence-electron chi connectivity index (χ0n) is 10.9. The second kappa shape index (κ2) is 6.71. The van der Waals surface area contributed by atoms with Gasteiger partial charge in [0.05, 0.1) is 11.9 Å². The second-order valence-corrected chi connectivity index (χ2v) is 3.85. The van der Waals surface area contributed by atoms with E-state index in [-0.39, 0.29) is 11.7 Å². The van der Waals surface area contributed by atoms with Gasteiger partial charge in [-0.3, -0.25) is 0 Å². The normalized spacial score (nSPS) is 10.9. The van der Waals surface area contributed by atoms with Crippen LogP contribution in [0.4, 0.5) is 13.2 Å². The molecule has 2 heterocycles. The third kappa shape index (κ3) is 3.71. The first kappa shape index (κ1) is 16.5. The number of hydrogen-bond donors (Lipinski definition) is 1. The number of halogens is 4. The molecule has 4 nitrogen and oxygen atoms in total. The minimum Gasteiger partial charge on any atom is -0.326 e. The molecule has 0 bridgehead atoms. The summed E-state index contributed by atoms with van der Waals surface area (Å²) in [6, 6.07) is 2.15. The molecule has 0 aliphatic carbocycles. The zero-order chi connectivity index (χ0) is 15.3. The van der Waals surface area contributed by atoms with E-state index in [2.05, 4.69) is 10.1 Å². The van der Waals surface area contributed by atoms with Gasteiger partial charge in [0.1, 0.15) is 5.69 Å². The maximum Gasteiger partial charge on any atom is 0.433 e. The molecule has 0 aliphatic rings. The van der Waals surface area contributed by atoms with Gasteiger partial charge in [-0.15, -0.1) is 0 Å². The van der Waals surface area contributed by atoms with Crippen LogP contribution in [0.25, 0.3) is 5.69 Å². The first-order valence-corrected chi connectivity index (χ1v) is 6.27. The summed E-state index contributed by atoms with van der Waals surface area (Å²) in [6.07, 6.45) is -1.83. The van der Waals surface area contributed by atoms with Crippen molar-refractivity contribution in [3.63, 3.8) is 0 Å². The molecule has 0 unspecified atom stereocenters. The molecule has 0 saturated carbocycles. The van der Waals surface area contributed by atoms with Gasteiger partial charge in [0.2, 0.25) is 0 Å². The summed E-state index contributed by atoms with van der Waals surface area (Å²) in [4.78, 5) is 3.33. The highest BCUT2D eigenvalue weighted by atomic mass is 35.5. The standard InChI is InChI=1S/C10H8ClF3N4.C2H6/c11-9-6(3-15)5-18(17-9)7-1-2-8(16-4-7)10(12,13)14;1-2/h1-2,4-5H,3,15H2;1-2H3. The van der Waals surface area contributed by atoms with Crippen molar-refractivity contribution < 1.29 is 13.2 Å². The van der Waals surface area contributed by atoms with E-state index in [1.54, 1.807) is 6.20 Å². The van der Waals surface area contributed by atoms with Gasteiger partial charge in [-0.05, 0) is 12.1 Å². The van der Waals surface area contributed by atoms with Gasteiger partial charge in [-0.2, -0.15) is 18.3 Å². The molecule has 20 heavy (non-hydrogen) atoms. The van der Waals surface area contributed by atoms with Gasteiger partial charge < -0.3 is 5.73 Å². The van der Waals surface area contributed by atoms with Gasteiger partial charge in [-0.1, -0.05) is 25.4 Å². The van der Waals surface area contributed by atoms with Crippen LogP contribution in [-0.4, -0.2) is 14.8 Å². The van der Waals surface area contributed by atoms with Crippen molar-refractivity contribution in [2.75, 3.05) is 0 Å². The predicted octanol–water partition coefficient (Wildman–Crippen LogP) is 3.42. The van der Waals surface area contributed by atoms with Gasteiger partial charge in [-0.25, -0.2) is 9.67 Å². The van der Waals surface area contributed by atoms with E-state index in [0.717, 1.165) is 12.3 Å². The van der Waals surface area contributed by atoms with E-state index in [4.69, 9.17) is 17.3 Å². The van der Waals surface area contributed by atoms with Crippen molar-refractivity contribution in [3.8, 4) is 5.69 Å². The Labute approximate surface area is 119 Å². The molecule has 2 aromatic rings. The van der Waals surface area contributed by atoms with Gasteiger partial charge in [0.25, 0.3) is 0 Å². The molecule has 8 heteroatoms. The Morgan fingerprint density at radius 2 is 1.95 bits per heavy atom. The average molecular weight is 307 g/mol. The van der Waals surface area contributed by atoms with Crippen molar-refractivity contribution in [1.82, 2.24) is 14.8 Å².